The maximum absolute atomic E-state index is 12.5. The molecular weight excluding hydrogens is 269 g/mol. The average Bonchev–Trinajstić information content (AvgIpc) is 2.45. The smallest absolute Gasteiger partial charge is 0.416 e. The summed E-state index contributed by atoms with van der Waals surface area (Å²) in [4.78, 5) is 3.95. The summed E-state index contributed by atoms with van der Waals surface area (Å²) in [7, 11) is 1.40. The summed E-state index contributed by atoms with van der Waals surface area (Å²) in [6.07, 6.45) is -3.04. The van der Waals surface area contributed by atoms with Gasteiger partial charge >= 0.3 is 6.18 Å². The summed E-state index contributed by atoms with van der Waals surface area (Å²) < 4.78 is 42.6. The van der Waals surface area contributed by atoms with Crippen LogP contribution in [-0.4, -0.2) is 12.1 Å². The Morgan fingerprint density at radius 1 is 1.20 bits per heavy atom. The number of methoxy groups -OCH3 is 1. The van der Waals surface area contributed by atoms with Crippen molar-refractivity contribution in [1.82, 2.24) is 4.98 Å². The first kappa shape index (κ1) is 13.9. The van der Waals surface area contributed by atoms with Crippen LogP contribution in [0.3, 0.4) is 0 Å². The van der Waals surface area contributed by atoms with Gasteiger partial charge in [-0.05, 0) is 23.8 Å². The van der Waals surface area contributed by atoms with Gasteiger partial charge in [-0.15, -0.1) is 0 Å². The number of ether oxygens (including phenoxy) is 1. The normalized spacial score (nSPS) is 10.9. The predicted molar refractivity (Wildman–Crippen MR) is 65.9 cm³/mol. The van der Waals surface area contributed by atoms with E-state index < -0.39 is 11.7 Å². The van der Waals surface area contributed by atoms with Gasteiger partial charge in [-0.25, -0.2) is 4.98 Å². The van der Waals surface area contributed by atoms with Crippen molar-refractivity contribution in [2.45, 2.75) is 6.18 Å². The van der Waals surface area contributed by atoms with E-state index in [0.717, 1.165) is 12.1 Å². The fourth-order valence-electron chi connectivity index (χ4n) is 1.72. The van der Waals surface area contributed by atoms with Crippen molar-refractivity contribution in [1.29, 1.82) is 5.26 Å². The summed E-state index contributed by atoms with van der Waals surface area (Å²) in [5, 5.41) is 8.84. The fraction of sp³-hybridized carbons (Fsp3) is 0.143. The van der Waals surface area contributed by atoms with Gasteiger partial charge in [0.05, 0.1) is 18.2 Å². The minimum absolute atomic E-state index is 0.253. The Balaban J connectivity index is 2.49. The van der Waals surface area contributed by atoms with Gasteiger partial charge in [0.1, 0.15) is 6.07 Å². The molecule has 1 aromatic carbocycles. The molecule has 20 heavy (non-hydrogen) atoms. The molecule has 0 amide bonds. The number of aromatic nitrogens is 1. The van der Waals surface area contributed by atoms with Gasteiger partial charge in [-0.3, -0.25) is 0 Å². The quantitative estimate of drug-likeness (QED) is 0.842. The molecule has 0 radical (unpaired) electrons. The van der Waals surface area contributed by atoms with E-state index in [0.29, 0.717) is 16.7 Å². The molecule has 1 aromatic heterocycles. The van der Waals surface area contributed by atoms with Crippen LogP contribution in [0.5, 0.6) is 5.88 Å². The summed E-state index contributed by atoms with van der Waals surface area (Å²) in [5.74, 6) is 0.253. The van der Waals surface area contributed by atoms with Crippen molar-refractivity contribution in [3.63, 3.8) is 0 Å². The van der Waals surface area contributed by atoms with Gasteiger partial charge in [-0.1, -0.05) is 12.1 Å². The molecule has 0 atom stereocenters. The second-order valence-electron chi connectivity index (χ2n) is 3.97. The maximum atomic E-state index is 12.5. The van der Waals surface area contributed by atoms with Crippen molar-refractivity contribution in [3.8, 4) is 23.1 Å². The van der Waals surface area contributed by atoms with E-state index in [1.807, 2.05) is 6.07 Å². The molecule has 2 aromatic rings. The molecule has 2 rings (SSSR count). The molecule has 102 valence electrons. The van der Waals surface area contributed by atoms with E-state index >= 15 is 0 Å². The number of nitrogens with zero attached hydrogens (tertiary/aromatic N) is 2. The Labute approximate surface area is 113 Å². The topological polar surface area (TPSA) is 45.9 Å². The first-order valence-corrected chi connectivity index (χ1v) is 5.57. The first-order chi connectivity index (χ1) is 9.45. The van der Waals surface area contributed by atoms with Crippen LogP contribution in [0.25, 0.3) is 11.1 Å². The Morgan fingerprint density at radius 2 is 1.85 bits per heavy atom. The SMILES string of the molecule is COc1ncc(C#N)cc1-c1ccc(C(F)(F)F)cc1. The third-order valence-electron chi connectivity index (χ3n) is 2.70. The highest BCUT2D eigenvalue weighted by atomic mass is 19.4. The zero-order chi connectivity index (χ0) is 14.8. The molecule has 0 aliphatic rings. The van der Waals surface area contributed by atoms with Crippen LogP contribution < -0.4 is 4.74 Å². The number of benzene rings is 1. The van der Waals surface area contributed by atoms with Crippen molar-refractivity contribution in [2.75, 3.05) is 7.11 Å². The Kier molecular flexibility index (Phi) is 3.61. The third kappa shape index (κ3) is 2.72. The largest absolute Gasteiger partial charge is 0.481 e. The first-order valence-electron chi connectivity index (χ1n) is 5.57. The van der Waals surface area contributed by atoms with Crippen molar-refractivity contribution in [3.05, 3.63) is 47.7 Å². The molecule has 0 N–H and O–H groups in total. The second kappa shape index (κ2) is 5.21. The van der Waals surface area contributed by atoms with Crippen LogP contribution in [0, 0.1) is 11.3 Å². The van der Waals surface area contributed by atoms with Gasteiger partial charge < -0.3 is 4.74 Å². The van der Waals surface area contributed by atoms with E-state index in [2.05, 4.69) is 4.98 Å². The highest BCUT2D eigenvalue weighted by Gasteiger charge is 2.30. The lowest BCUT2D eigenvalue weighted by Crippen LogP contribution is -2.04. The molecular formula is C14H9F3N2O. The standard InChI is InChI=1S/C14H9F3N2O/c1-20-13-12(6-9(7-18)8-19-13)10-2-4-11(5-3-10)14(15,16)17/h2-6,8H,1H3. The monoisotopic (exact) mass is 278 g/mol. The molecule has 0 fully saturated rings. The maximum Gasteiger partial charge on any atom is 0.416 e. The van der Waals surface area contributed by atoms with E-state index in [9.17, 15) is 13.2 Å². The molecule has 0 aliphatic heterocycles. The number of hydrogen-bond acceptors (Lipinski definition) is 3. The lowest BCUT2D eigenvalue weighted by molar-refractivity contribution is -0.137. The fourth-order valence-corrected chi connectivity index (χ4v) is 1.72. The summed E-state index contributed by atoms with van der Waals surface area (Å²) in [6, 6.07) is 8.05. The van der Waals surface area contributed by atoms with Crippen molar-refractivity contribution >= 4 is 0 Å². The van der Waals surface area contributed by atoms with Crippen LogP contribution in [0.4, 0.5) is 13.2 Å². The van der Waals surface area contributed by atoms with Crippen LogP contribution in [0.15, 0.2) is 36.5 Å². The molecule has 0 aliphatic carbocycles. The number of rotatable bonds is 2. The lowest BCUT2D eigenvalue weighted by atomic mass is 10.0. The third-order valence-corrected chi connectivity index (χ3v) is 2.70. The molecule has 0 spiro atoms. The van der Waals surface area contributed by atoms with Crippen molar-refractivity contribution < 1.29 is 17.9 Å². The van der Waals surface area contributed by atoms with Gasteiger partial charge in [0, 0.05) is 11.8 Å². The Bertz CT molecular complexity index is 658. The molecule has 3 nitrogen and oxygen atoms in total. The average molecular weight is 278 g/mol. The van der Waals surface area contributed by atoms with Crippen molar-refractivity contribution in [2.24, 2.45) is 0 Å². The lowest BCUT2D eigenvalue weighted by Gasteiger charge is -2.10. The van der Waals surface area contributed by atoms with E-state index in [1.165, 1.54) is 31.5 Å². The van der Waals surface area contributed by atoms with E-state index in [-0.39, 0.29) is 5.88 Å². The minimum atomic E-state index is -4.38. The Hall–Kier alpha value is -2.55. The van der Waals surface area contributed by atoms with Crippen LogP contribution in [0.1, 0.15) is 11.1 Å². The zero-order valence-electron chi connectivity index (χ0n) is 10.4. The Morgan fingerprint density at radius 3 is 2.35 bits per heavy atom. The molecule has 1 heterocycles. The van der Waals surface area contributed by atoms with Gasteiger partial charge in [0.15, 0.2) is 0 Å². The van der Waals surface area contributed by atoms with Crippen LogP contribution in [0.2, 0.25) is 0 Å². The molecule has 0 saturated heterocycles. The minimum Gasteiger partial charge on any atom is -0.481 e. The van der Waals surface area contributed by atoms with E-state index in [1.54, 1.807) is 0 Å². The highest BCUT2D eigenvalue weighted by Crippen LogP contribution is 2.33. The predicted octanol–water partition coefficient (Wildman–Crippen LogP) is 3.65. The van der Waals surface area contributed by atoms with Gasteiger partial charge in [0.2, 0.25) is 5.88 Å². The molecule has 0 unspecified atom stereocenters. The highest BCUT2D eigenvalue weighted by molar-refractivity contribution is 5.70. The summed E-state index contributed by atoms with van der Waals surface area (Å²) in [6.45, 7) is 0. The molecule has 0 bridgehead atoms. The number of alkyl halides is 3. The van der Waals surface area contributed by atoms with Crippen LogP contribution >= 0.6 is 0 Å². The van der Waals surface area contributed by atoms with Crippen LogP contribution in [-0.2, 0) is 6.18 Å². The molecule has 6 heteroatoms. The number of pyridine rings is 1. The summed E-state index contributed by atoms with van der Waals surface area (Å²) >= 11 is 0. The summed E-state index contributed by atoms with van der Waals surface area (Å²) in [5.41, 5.74) is 0.546. The number of nitriles is 1. The van der Waals surface area contributed by atoms with E-state index in [4.69, 9.17) is 10.00 Å². The zero-order valence-corrected chi connectivity index (χ0v) is 10.4. The number of halogens is 3. The number of hydrogen-bond donors (Lipinski definition) is 0. The molecule has 0 saturated carbocycles. The van der Waals surface area contributed by atoms with Gasteiger partial charge in [0.25, 0.3) is 0 Å². The van der Waals surface area contributed by atoms with Gasteiger partial charge in [-0.2, -0.15) is 18.4 Å². The second-order valence-corrected chi connectivity index (χ2v) is 3.97.